The molecule has 0 spiro atoms. The number of H-pyrrole nitrogens is 1. The minimum absolute atomic E-state index is 0.335. The van der Waals surface area contributed by atoms with Crippen molar-refractivity contribution < 1.29 is 9.18 Å². The summed E-state index contributed by atoms with van der Waals surface area (Å²) in [7, 11) is 0. The number of aromatic nitrogens is 4. The summed E-state index contributed by atoms with van der Waals surface area (Å²) in [6, 6.07) is 13.4. The number of thioether (sulfide) groups is 1. The molecule has 0 radical (unpaired) electrons. The Hall–Kier alpha value is -3.13. The number of amides is 1. The Balaban J connectivity index is 1.69. The van der Waals surface area contributed by atoms with Crippen LogP contribution in [0.15, 0.2) is 59.9 Å². The van der Waals surface area contributed by atoms with E-state index in [2.05, 4.69) is 20.3 Å². The van der Waals surface area contributed by atoms with Gasteiger partial charge >= 0.3 is 0 Å². The van der Waals surface area contributed by atoms with Gasteiger partial charge in [0.1, 0.15) is 11.5 Å². The molecule has 0 bridgehead atoms. The highest BCUT2D eigenvalue weighted by molar-refractivity contribution is 7.98. The van der Waals surface area contributed by atoms with Crippen molar-refractivity contribution in [3.8, 4) is 5.69 Å². The van der Waals surface area contributed by atoms with Gasteiger partial charge in [-0.05, 0) is 42.7 Å². The molecule has 2 aromatic carbocycles. The monoisotopic (exact) mass is 367 g/mol. The van der Waals surface area contributed by atoms with Gasteiger partial charge in [0.25, 0.3) is 5.91 Å². The van der Waals surface area contributed by atoms with E-state index in [1.54, 1.807) is 16.7 Å². The molecule has 0 aliphatic carbocycles. The van der Waals surface area contributed by atoms with Gasteiger partial charge in [0.05, 0.1) is 17.2 Å². The number of hydrogen-bond donors (Lipinski definition) is 2. The first-order valence-corrected chi connectivity index (χ1v) is 9.02. The van der Waals surface area contributed by atoms with Gasteiger partial charge in [-0.2, -0.15) is 0 Å². The number of para-hydroxylation sites is 2. The summed E-state index contributed by atoms with van der Waals surface area (Å²) in [5, 5.41) is 3.39. The second-order valence-corrected chi connectivity index (χ2v) is 6.27. The second-order valence-electron chi connectivity index (χ2n) is 5.50. The van der Waals surface area contributed by atoms with Crippen molar-refractivity contribution in [3.05, 3.63) is 66.2 Å². The SMILES string of the molecule is CSc1ncc(C(=O)Nc2nc3ccccc3[nH]2)n1-c1ccc(F)cc1. The maximum absolute atomic E-state index is 13.2. The minimum atomic E-state index is -0.360. The fourth-order valence-electron chi connectivity index (χ4n) is 2.66. The molecule has 4 aromatic rings. The molecule has 2 N–H and O–H groups in total. The summed E-state index contributed by atoms with van der Waals surface area (Å²) in [5.74, 6) is -0.345. The van der Waals surface area contributed by atoms with Crippen LogP contribution in [0.25, 0.3) is 16.7 Å². The van der Waals surface area contributed by atoms with Gasteiger partial charge < -0.3 is 4.98 Å². The summed E-state index contributed by atoms with van der Waals surface area (Å²) < 4.78 is 14.9. The Morgan fingerprint density at radius 1 is 1.19 bits per heavy atom. The summed E-state index contributed by atoms with van der Waals surface area (Å²) in [6.45, 7) is 0. The van der Waals surface area contributed by atoms with Crippen LogP contribution in [0.4, 0.5) is 10.3 Å². The molecular formula is C18H14FN5OS. The lowest BCUT2D eigenvalue weighted by Crippen LogP contribution is -2.17. The zero-order chi connectivity index (χ0) is 18.1. The second kappa shape index (κ2) is 6.64. The minimum Gasteiger partial charge on any atom is -0.324 e. The lowest BCUT2D eigenvalue weighted by molar-refractivity contribution is 0.101. The highest BCUT2D eigenvalue weighted by Gasteiger charge is 2.19. The first-order valence-electron chi connectivity index (χ1n) is 7.79. The van der Waals surface area contributed by atoms with E-state index in [4.69, 9.17) is 0 Å². The fraction of sp³-hybridized carbons (Fsp3) is 0.0556. The number of aromatic amines is 1. The van der Waals surface area contributed by atoms with Crippen molar-refractivity contribution in [3.63, 3.8) is 0 Å². The standard InChI is InChI=1S/C18H14FN5OS/c1-26-18-20-10-15(24(18)12-8-6-11(19)7-9-12)16(25)23-17-21-13-4-2-3-5-14(13)22-17/h2-10H,1H3,(H2,21,22,23,25). The Bertz CT molecular complexity index is 1050. The molecule has 0 fully saturated rings. The molecule has 6 nitrogen and oxygen atoms in total. The quantitative estimate of drug-likeness (QED) is 0.537. The van der Waals surface area contributed by atoms with Gasteiger partial charge in [0, 0.05) is 5.69 Å². The van der Waals surface area contributed by atoms with Crippen molar-refractivity contribution in [1.82, 2.24) is 19.5 Å². The molecule has 0 saturated heterocycles. The number of hydrogen-bond acceptors (Lipinski definition) is 4. The maximum Gasteiger partial charge on any atom is 0.276 e. The zero-order valence-corrected chi connectivity index (χ0v) is 14.5. The number of carbonyl (C=O) groups excluding carboxylic acids is 1. The number of anilines is 1. The molecule has 0 aliphatic heterocycles. The van der Waals surface area contributed by atoms with Crippen LogP contribution in [0.1, 0.15) is 10.5 Å². The van der Waals surface area contributed by atoms with E-state index in [1.807, 2.05) is 30.5 Å². The molecule has 0 saturated carbocycles. The van der Waals surface area contributed by atoms with E-state index in [0.29, 0.717) is 22.5 Å². The summed E-state index contributed by atoms with van der Waals surface area (Å²) in [6.07, 6.45) is 3.36. The zero-order valence-electron chi connectivity index (χ0n) is 13.7. The smallest absolute Gasteiger partial charge is 0.276 e. The van der Waals surface area contributed by atoms with Gasteiger partial charge in [-0.15, -0.1) is 0 Å². The predicted octanol–water partition coefficient (Wildman–Crippen LogP) is 3.86. The molecule has 0 unspecified atom stereocenters. The molecule has 130 valence electrons. The van der Waals surface area contributed by atoms with Crippen molar-refractivity contribution >= 4 is 34.7 Å². The number of rotatable bonds is 4. The summed E-state index contributed by atoms with van der Waals surface area (Å²) >= 11 is 1.40. The molecule has 26 heavy (non-hydrogen) atoms. The van der Waals surface area contributed by atoms with Gasteiger partial charge in [0.15, 0.2) is 5.16 Å². The number of imidazole rings is 2. The molecule has 8 heteroatoms. The summed E-state index contributed by atoms with van der Waals surface area (Å²) in [4.78, 5) is 24.4. The fourth-order valence-corrected chi connectivity index (χ4v) is 3.21. The van der Waals surface area contributed by atoms with Crippen LogP contribution >= 0.6 is 11.8 Å². The molecule has 0 aliphatic rings. The van der Waals surface area contributed by atoms with Crippen molar-refractivity contribution in [2.75, 3.05) is 11.6 Å². The number of nitrogens with one attached hydrogen (secondary N) is 2. The lowest BCUT2D eigenvalue weighted by Gasteiger charge is -2.10. The third-order valence-corrected chi connectivity index (χ3v) is 4.50. The number of halogens is 1. The van der Waals surface area contributed by atoms with E-state index in [1.165, 1.54) is 30.1 Å². The van der Waals surface area contributed by atoms with Crippen LogP contribution < -0.4 is 5.32 Å². The highest BCUT2D eigenvalue weighted by atomic mass is 32.2. The topological polar surface area (TPSA) is 75.6 Å². The Kier molecular flexibility index (Phi) is 4.18. The van der Waals surface area contributed by atoms with E-state index in [9.17, 15) is 9.18 Å². The third kappa shape index (κ3) is 2.95. The van der Waals surface area contributed by atoms with Gasteiger partial charge in [-0.25, -0.2) is 14.4 Å². The molecule has 1 amide bonds. The van der Waals surface area contributed by atoms with Crippen molar-refractivity contribution in [2.45, 2.75) is 5.16 Å². The number of benzene rings is 2. The van der Waals surface area contributed by atoms with Crippen LogP contribution in [0.3, 0.4) is 0 Å². The van der Waals surface area contributed by atoms with Crippen LogP contribution in [-0.2, 0) is 0 Å². The Labute approximate surface area is 152 Å². The van der Waals surface area contributed by atoms with E-state index < -0.39 is 0 Å². The van der Waals surface area contributed by atoms with Crippen LogP contribution in [0, 0.1) is 5.82 Å². The van der Waals surface area contributed by atoms with E-state index >= 15 is 0 Å². The van der Waals surface area contributed by atoms with Crippen LogP contribution in [0.2, 0.25) is 0 Å². The predicted molar refractivity (Wildman–Crippen MR) is 99.3 cm³/mol. The lowest BCUT2D eigenvalue weighted by atomic mass is 10.3. The Morgan fingerprint density at radius 2 is 1.96 bits per heavy atom. The van der Waals surface area contributed by atoms with E-state index in [0.717, 1.165) is 11.0 Å². The number of fused-ring (bicyclic) bond motifs is 1. The molecular weight excluding hydrogens is 353 g/mol. The van der Waals surface area contributed by atoms with Gasteiger partial charge in [-0.3, -0.25) is 14.7 Å². The first-order chi connectivity index (χ1) is 12.7. The summed E-state index contributed by atoms with van der Waals surface area (Å²) in [5.41, 5.74) is 2.59. The Morgan fingerprint density at radius 3 is 2.69 bits per heavy atom. The van der Waals surface area contributed by atoms with Crippen LogP contribution in [-0.4, -0.2) is 31.7 Å². The van der Waals surface area contributed by atoms with Gasteiger partial charge in [0.2, 0.25) is 5.95 Å². The average molecular weight is 367 g/mol. The van der Waals surface area contributed by atoms with Crippen molar-refractivity contribution in [2.24, 2.45) is 0 Å². The molecule has 2 heterocycles. The third-order valence-electron chi connectivity index (χ3n) is 3.85. The normalized spacial score (nSPS) is 11.0. The van der Waals surface area contributed by atoms with Crippen LogP contribution in [0.5, 0.6) is 0 Å². The largest absolute Gasteiger partial charge is 0.324 e. The number of nitrogens with zero attached hydrogens (tertiary/aromatic N) is 3. The van der Waals surface area contributed by atoms with Crippen molar-refractivity contribution in [1.29, 1.82) is 0 Å². The molecule has 2 aromatic heterocycles. The number of carbonyl (C=O) groups is 1. The molecule has 0 atom stereocenters. The maximum atomic E-state index is 13.2. The molecule has 4 rings (SSSR count). The van der Waals surface area contributed by atoms with Gasteiger partial charge in [-0.1, -0.05) is 23.9 Å². The van der Waals surface area contributed by atoms with E-state index in [-0.39, 0.29) is 11.7 Å². The average Bonchev–Trinajstić information content (AvgIpc) is 3.25. The first kappa shape index (κ1) is 16.3. The highest BCUT2D eigenvalue weighted by Crippen LogP contribution is 2.23.